The van der Waals surface area contributed by atoms with E-state index in [-0.39, 0.29) is 0 Å². The fraction of sp³-hybridized carbons (Fsp3) is 0.276. The summed E-state index contributed by atoms with van der Waals surface area (Å²) in [4.78, 5) is 14.6. The number of benzene rings is 1. The van der Waals surface area contributed by atoms with Crippen molar-refractivity contribution in [3.63, 3.8) is 0 Å². The number of likely N-dealkylation sites (tertiary alicyclic amines) is 1. The first-order chi connectivity index (χ1) is 17.7. The molecule has 0 radical (unpaired) electrons. The molecule has 1 aliphatic rings. The van der Waals surface area contributed by atoms with Crippen molar-refractivity contribution >= 4 is 40.2 Å². The van der Waals surface area contributed by atoms with Crippen molar-refractivity contribution < 1.29 is 0 Å². The summed E-state index contributed by atoms with van der Waals surface area (Å²) in [5.74, 6) is 0.885. The number of aromatic amines is 1. The summed E-state index contributed by atoms with van der Waals surface area (Å²) in [5.41, 5.74) is 6.23. The number of rotatable bonds is 8. The van der Waals surface area contributed by atoms with Crippen molar-refractivity contribution in [2.24, 2.45) is 0 Å². The molecule has 0 saturated carbocycles. The van der Waals surface area contributed by atoms with Crippen molar-refractivity contribution in [3.05, 3.63) is 77.4 Å². The second-order valence-electron chi connectivity index (χ2n) is 9.20. The fourth-order valence-electron chi connectivity index (χ4n) is 4.70. The van der Waals surface area contributed by atoms with Crippen LogP contribution in [0.5, 0.6) is 0 Å². The number of fused-ring (bicyclic) bond motifs is 1. The van der Waals surface area contributed by atoms with Gasteiger partial charge < -0.3 is 20.5 Å². The normalized spacial score (nSPS) is 14.2. The molecule has 3 aromatic heterocycles. The van der Waals surface area contributed by atoms with Gasteiger partial charge in [0.25, 0.3) is 0 Å². The van der Waals surface area contributed by atoms with Gasteiger partial charge in [0.1, 0.15) is 11.9 Å². The van der Waals surface area contributed by atoms with Crippen molar-refractivity contribution in [1.29, 1.82) is 5.26 Å². The minimum Gasteiger partial charge on any atom is -0.369 e. The van der Waals surface area contributed by atoms with Gasteiger partial charge in [0.2, 0.25) is 0 Å². The molecule has 1 fully saturated rings. The number of pyridine rings is 2. The highest BCUT2D eigenvalue weighted by molar-refractivity contribution is 5.90. The van der Waals surface area contributed by atoms with Crippen LogP contribution in [-0.2, 0) is 0 Å². The zero-order valence-corrected chi connectivity index (χ0v) is 20.6. The third-order valence-corrected chi connectivity index (χ3v) is 6.78. The van der Waals surface area contributed by atoms with E-state index in [4.69, 9.17) is 0 Å². The van der Waals surface area contributed by atoms with Gasteiger partial charge >= 0.3 is 0 Å². The summed E-state index contributed by atoms with van der Waals surface area (Å²) in [6.07, 6.45) is 15.1. The van der Waals surface area contributed by atoms with Crippen LogP contribution in [0.1, 0.15) is 41.5 Å². The maximum absolute atomic E-state index is 9.72. The molecule has 0 spiro atoms. The van der Waals surface area contributed by atoms with Gasteiger partial charge in [-0.1, -0.05) is 18.6 Å². The van der Waals surface area contributed by atoms with E-state index < -0.39 is 0 Å². The summed E-state index contributed by atoms with van der Waals surface area (Å²) in [6.45, 7) is 6.44. The second-order valence-corrected chi connectivity index (χ2v) is 9.20. The van der Waals surface area contributed by atoms with Crippen LogP contribution in [0.15, 0.2) is 55.1 Å². The molecular weight excluding hydrogens is 446 g/mol. The van der Waals surface area contributed by atoms with Gasteiger partial charge in [0.05, 0.1) is 11.3 Å². The molecule has 1 saturated heterocycles. The number of hydrogen-bond donors (Lipinski definition) is 3. The number of anilines is 3. The lowest BCUT2D eigenvalue weighted by Crippen LogP contribution is -2.33. The van der Waals surface area contributed by atoms with Crippen LogP contribution in [0.3, 0.4) is 0 Å². The Morgan fingerprint density at radius 2 is 1.94 bits per heavy atom. The van der Waals surface area contributed by atoms with Gasteiger partial charge in [0, 0.05) is 60.0 Å². The summed E-state index contributed by atoms with van der Waals surface area (Å²) < 4.78 is 0. The Morgan fingerprint density at radius 1 is 1.06 bits per heavy atom. The van der Waals surface area contributed by atoms with E-state index >= 15 is 0 Å². The van der Waals surface area contributed by atoms with E-state index in [0.717, 1.165) is 57.9 Å². The third-order valence-electron chi connectivity index (χ3n) is 6.78. The minimum absolute atomic E-state index is 0.497. The van der Waals surface area contributed by atoms with Crippen LogP contribution in [0.2, 0.25) is 0 Å². The highest BCUT2D eigenvalue weighted by atomic mass is 15.1. The molecule has 1 aliphatic heterocycles. The van der Waals surface area contributed by atoms with Crippen LogP contribution in [0.25, 0.3) is 23.1 Å². The second kappa shape index (κ2) is 11.1. The number of H-pyrrole nitrogens is 1. The fourth-order valence-corrected chi connectivity index (χ4v) is 4.70. The molecule has 0 amide bonds. The molecule has 0 atom stereocenters. The molecule has 0 unspecified atom stereocenters. The molecule has 7 nitrogen and oxygen atoms in total. The number of piperidine rings is 1. The van der Waals surface area contributed by atoms with Crippen molar-refractivity contribution in [1.82, 2.24) is 19.9 Å². The topological polar surface area (TPSA) is 92.7 Å². The standard InChI is InChI=1S/C29H31N7/c1-21-25-11-12-32-27(25)9-8-26(21)35-29-23(19-31-20-24(29)17-30)7-5-22-6-10-28(34-18-22)33-13-16-36-14-3-2-4-15-36/h5-12,18-20,32H,2-4,13-16H2,1H3,(H,31,35)(H,33,34)/b7-5+. The van der Waals surface area contributed by atoms with E-state index in [1.165, 1.54) is 32.4 Å². The Hall–Kier alpha value is -4.15. The predicted molar refractivity (Wildman–Crippen MR) is 147 cm³/mol. The highest BCUT2D eigenvalue weighted by Crippen LogP contribution is 2.31. The lowest BCUT2D eigenvalue weighted by atomic mass is 10.1. The van der Waals surface area contributed by atoms with E-state index in [2.05, 4.69) is 49.5 Å². The van der Waals surface area contributed by atoms with Gasteiger partial charge in [0.15, 0.2) is 0 Å². The largest absolute Gasteiger partial charge is 0.369 e. The number of nitrogens with one attached hydrogen (secondary N) is 3. The van der Waals surface area contributed by atoms with Gasteiger partial charge in [-0.15, -0.1) is 0 Å². The minimum atomic E-state index is 0.497. The average Bonchev–Trinajstić information content (AvgIpc) is 3.41. The molecule has 0 aliphatic carbocycles. The van der Waals surface area contributed by atoms with E-state index in [9.17, 15) is 5.26 Å². The third kappa shape index (κ3) is 5.40. The highest BCUT2D eigenvalue weighted by Gasteiger charge is 2.11. The van der Waals surface area contributed by atoms with Crippen molar-refractivity contribution in [2.45, 2.75) is 26.2 Å². The monoisotopic (exact) mass is 477 g/mol. The summed E-state index contributed by atoms with van der Waals surface area (Å²) >= 11 is 0. The predicted octanol–water partition coefficient (Wildman–Crippen LogP) is 5.95. The lowest BCUT2D eigenvalue weighted by molar-refractivity contribution is 0.237. The summed E-state index contributed by atoms with van der Waals surface area (Å²) in [7, 11) is 0. The van der Waals surface area contributed by atoms with E-state index in [1.807, 2.05) is 48.8 Å². The van der Waals surface area contributed by atoms with Crippen LogP contribution in [0.4, 0.5) is 17.2 Å². The number of hydrogen-bond acceptors (Lipinski definition) is 6. The Balaban J connectivity index is 1.29. The Morgan fingerprint density at radius 3 is 2.75 bits per heavy atom. The van der Waals surface area contributed by atoms with Crippen LogP contribution >= 0.6 is 0 Å². The number of nitriles is 1. The maximum Gasteiger partial charge on any atom is 0.125 e. The van der Waals surface area contributed by atoms with Crippen LogP contribution in [-0.4, -0.2) is 46.0 Å². The van der Waals surface area contributed by atoms with Gasteiger partial charge in [-0.3, -0.25) is 4.98 Å². The molecule has 36 heavy (non-hydrogen) atoms. The van der Waals surface area contributed by atoms with E-state index in [1.54, 1.807) is 12.4 Å². The average molecular weight is 478 g/mol. The smallest absolute Gasteiger partial charge is 0.125 e. The number of aryl methyl sites for hydroxylation is 1. The molecule has 3 N–H and O–H groups in total. The zero-order valence-electron chi connectivity index (χ0n) is 20.6. The first kappa shape index (κ1) is 23.6. The summed E-state index contributed by atoms with van der Waals surface area (Å²) in [5, 5.41) is 17.8. The van der Waals surface area contributed by atoms with Crippen LogP contribution in [0, 0.1) is 18.3 Å². The number of nitrogens with zero attached hydrogens (tertiary/aromatic N) is 4. The Kier molecular flexibility index (Phi) is 7.25. The first-order valence-corrected chi connectivity index (χ1v) is 12.5. The lowest BCUT2D eigenvalue weighted by Gasteiger charge is -2.26. The van der Waals surface area contributed by atoms with Gasteiger partial charge in [-0.05, 0) is 74.3 Å². The van der Waals surface area contributed by atoms with Gasteiger partial charge in [-0.25, -0.2) is 4.98 Å². The quantitative estimate of drug-likeness (QED) is 0.290. The Bertz CT molecular complexity index is 1390. The van der Waals surface area contributed by atoms with E-state index in [0.29, 0.717) is 5.56 Å². The van der Waals surface area contributed by atoms with Crippen molar-refractivity contribution in [3.8, 4) is 6.07 Å². The number of aromatic nitrogens is 3. The Labute approximate surface area is 211 Å². The molecule has 7 heteroatoms. The molecule has 182 valence electrons. The summed E-state index contributed by atoms with van der Waals surface area (Å²) in [6, 6.07) is 12.5. The molecule has 0 bridgehead atoms. The van der Waals surface area contributed by atoms with Crippen LogP contribution < -0.4 is 10.6 Å². The molecule has 1 aromatic carbocycles. The molecule has 4 heterocycles. The SMILES string of the molecule is Cc1c(Nc2c(C#N)cncc2/C=C/c2ccc(NCCN3CCCCC3)nc2)ccc2[nH]ccc12. The molecule has 4 aromatic rings. The van der Waals surface area contributed by atoms with Crippen molar-refractivity contribution in [2.75, 3.05) is 36.8 Å². The van der Waals surface area contributed by atoms with Gasteiger partial charge in [-0.2, -0.15) is 5.26 Å². The first-order valence-electron chi connectivity index (χ1n) is 12.5. The molecular formula is C29H31N7. The maximum atomic E-state index is 9.72. The zero-order chi connectivity index (χ0) is 24.7. The molecule has 5 rings (SSSR count).